The van der Waals surface area contributed by atoms with Gasteiger partial charge in [0.15, 0.2) is 11.5 Å². The fourth-order valence-electron chi connectivity index (χ4n) is 3.92. The van der Waals surface area contributed by atoms with Gasteiger partial charge in [-0.1, -0.05) is 18.2 Å². The van der Waals surface area contributed by atoms with Crippen LogP contribution in [0.1, 0.15) is 27.2 Å². The number of nitrogens with two attached hydrogens (primary N) is 1. The molecule has 1 saturated heterocycles. The molecule has 2 aromatic carbocycles. The number of aryl methyl sites for hydroxylation is 1. The van der Waals surface area contributed by atoms with Gasteiger partial charge in [-0.05, 0) is 23.6 Å². The number of amides is 1. The van der Waals surface area contributed by atoms with Crippen LogP contribution in [0.4, 0.5) is 0 Å². The van der Waals surface area contributed by atoms with Crippen molar-refractivity contribution in [1.82, 2.24) is 9.29 Å². The number of sulfonamides is 1. The molecule has 0 unspecified atom stereocenters. The second-order valence-electron chi connectivity index (χ2n) is 7.29. The maximum atomic E-state index is 13.4. The predicted molar refractivity (Wildman–Crippen MR) is 117 cm³/mol. The average Bonchev–Trinajstić information content (AvgIpc) is 3.33. The summed E-state index contributed by atoms with van der Waals surface area (Å²) in [6.07, 6.45) is -0.599. The molecular formula is C21H19N3O5S2. The van der Waals surface area contributed by atoms with E-state index >= 15 is 0 Å². The molecule has 3 heterocycles. The lowest BCUT2D eigenvalue weighted by atomic mass is 10.0. The summed E-state index contributed by atoms with van der Waals surface area (Å²) in [4.78, 5) is 16.8. The summed E-state index contributed by atoms with van der Waals surface area (Å²) in [5.74, 6) is -0.0785. The molecular weight excluding hydrogens is 438 g/mol. The minimum absolute atomic E-state index is 0.0802. The molecule has 1 aliphatic heterocycles. The molecule has 0 bridgehead atoms. The van der Waals surface area contributed by atoms with E-state index in [-0.39, 0.29) is 24.6 Å². The predicted octanol–water partition coefficient (Wildman–Crippen LogP) is 3.21. The summed E-state index contributed by atoms with van der Waals surface area (Å²) in [6.45, 7) is 2.20. The van der Waals surface area contributed by atoms with Crippen LogP contribution < -0.4 is 5.73 Å². The lowest BCUT2D eigenvalue weighted by Crippen LogP contribution is -2.42. The first kappa shape index (κ1) is 20.1. The van der Waals surface area contributed by atoms with Crippen molar-refractivity contribution in [1.29, 1.82) is 0 Å². The van der Waals surface area contributed by atoms with Gasteiger partial charge in [0.2, 0.25) is 10.0 Å². The van der Waals surface area contributed by atoms with Crippen LogP contribution in [0.5, 0.6) is 0 Å². The Labute approximate surface area is 182 Å². The van der Waals surface area contributed by atoms with E-state index in [1.54, 1.807) is 13.0 Å². The fraction of sp³-hybridized carbons (Fsp3) is 0.238. The molecule has 2 aromatic heterocycles. The Morgan fingerprint density at radius 3 is 2.87 bits per heavy atom. The molecule has 1 fully saturated rings. The van der Waals surface area contributed by atoms with Crippen molar-refractivity contribution in [2.24, 2.45) is 5.73 Å². The Morgan fingerprint density at radius 1 is 1.26 bits per heavy atom. The van der Waals surface area contributed by atoms with Gasteiger partial charge in [-0.25, -0.2) is 13.4 Å². The van der Waals surface area contributed by atoms with Gasteiger partial charge in [-0.2, -0.15) is 4.31 Å². The van der Waals surface area contributed by atoms with Gasteiger partial charge in [0.1, 0.15) is 5.52 Å². The molecule has 0 radical (unpaired) electrons. The molecule has 1 atom stereocenters. The number of morpholine rings is 1. The number of hydrogen-bond donors (Lipinski definition) is 1. The van der Waals surface area contributed by atoms with E-state index in [0.717, 1.165) is 10.1 Å². The first-order chi connectivity index (χ1) is 14.8. The first-order valence-corrected chi connectivity index (χ1v) is 11.9. The van der Waals surface area contributed by atoms with Crippen molar-refractivity contribution < 1.29 is 22.4 Å². The van der Waals surface area contributed by atoms with Crippen LogP contribution in [-0.2, 0) is 14.8 Å². The second-order valence-corrected chi connectivity index (χ2v) is 10.3. The largest absolute Gasteiger partial charge is 0.441 e. The van der Waals surface area contributed by atoms with Gasteiger partial charge in [0.25, 0.3) is 5.91 Å². The molecule has 8 nitrogen and oxygen atoms in total. The standard InChI is InChI=1S/C21H19N3O5S2/c1-12-23-15-7-6-13(10-16(15)29-12)31(26,27)24-8-9-28-17(11-24)19-14-4-2-3-5-18(14)30-20(19)21(22)25/h2-7,10,17H,8-9,11H2,1H3,(H2,22,25)/t17-/m1/s1. The van der Waals surface area contributed by atoms with E-state index in [1.165, 1.54) is 27.8 Å². The Balaban J connectivity index is 1.52. The Morgan fingerprint density at radius 2 is 2.06 bits per heavy atom. The van der Waals surface area contributed by atoms with E-state index in [0.29, 0.717) is 27.4 Å². The minimum atomic E-state index is -3.80. The summed E-state index contributed by atoms with van der Waals surface area (Å²) < 4.78 is 40.4. The zero-order chi connectivity index (χ0) is 21.8. The van der Waals surface area contributed by atoms with E-state index in [2.05, 4.69) is 4.98 Å². The van der Waals surface area contributed by atoms with Crippen LogP contribution >= 0.6 is 11.3 Å². The van der Waals surface area contributed by atoms with Crippen molar-refractivity contribution in [3.63, 3.8) is 0 Å². The molecule has 10 heteroatoms. The number of benzene rings is 2. The topological polar surface area (TPSA) is 116 Å². The first-order valence-electron chi connectivity index (χ1n) is 9.65. The normalized spacial score (nSPS) is 18.0. The summed E-state index contributed by atoms with van der Waals surface area (Å²) >= 11 is 1.29. The smallest absolute Gasteiger partial charge is 0.259 e. The van der Waals surface area contributed by atoms with Gasteiger partial charge in [0.05, 0.1) is 22.5 Å². The number of hydrogen-bond acceptors (Lipinski definition) is 7. The van der Waals surface area contributed by atoms with Crippen molar-refractivity contribution >= 4 is 48.5 Å². The van der Waals surface area contributed by atoms with Crippen LogP contribution in [0.25, 0.3) is 21.2 Å². The Hall–Kier alpha value is -2.79. The van der Waals surface area contributed by atoms with Crippen molar-refractivity contribution in [3.05, 3.63) is 58.8 Å². The molecule has 1 amide bonds. The second kappa shape index (κ2) is 7.41. The van der Waals surface area contributed by atoms with E-state index < -0.39 is 22.0 Å². The molecule has 2 N–H and O–H groups in total. The number of nitrogens with zero attached hydrogens (tertiary/aromatic N) is 2. The molecule has 160 valence electrons. The third-order valence-electron chi connectivity index (χ3n) is 5.31. The number of carbonyl (C=O) groups is 1. The number of carbonyl (C=O) groups excluding carboxylic acids is 1. The maximum absolute atomic E-state index is 13.4. The van der Waals surface area contributed by atoms with Gasteiger partial charge < -0.3 is 14.9 Å². The molecule has 0 saturated carbocycles. The van der Waals surface area contributed by atoms with Gasteiger partial charge in [-0.3, -0.25) is 4.79 Å². The third-order valence-corrected chi connectivity index (χ3v) is 8.38. The SMILES string of the molecule is Cc1nc2ccc(S(=O)(=O)N3CCO[C@@H](c4c(C(N)=O)sc5ccccc45)C3)cc2o1. The molecule has 31 heavy (non-hydrogen) atoms. The molecule has 0 spiro atoms. The van der Waals surface area contributed by atoms with Crippen molar-refractivity contribution in [3.8, 4) is 0 Å². The molecule has 4 aromatic rings. The Bertz CT molecular complexity index is 1420. The van der Waals surface area contributed by atoms with Crippen molar-refractivity contribution in [2.75, 3.05) is 19.7 Å². The monoisotopic (exact) mass is 457 g/mol. The number of ether oxygens (including phenoxy) is 1. The average molecular weight is 458 g/mol. The number of primary amides is 1. The van der Waals surface area contributed by atoms with Crippen LogP contribution in [-0.4, -0.2) is 43.3 Å². The number of rotatable bonds is 4. The van der Waals surface area contributed by atoms with E-state index in [9.17, 15) is 13.2 Å². The summed E-state index contributed by atoms with van der Waals surface area (Å²) in [7, 11) is -3.80. The fourth-order valence-corrected chi connectivity index (χ4v) is 6.46. The molecule has 0 aliphatic carbocycles. The van der Waals surface area contributed by atoms with Gasteiger partial charge in [-0.15, -0.1) is 11.3 Å². The van der Waals surface area contributed by atoms with Crippen LogP contribution in [0.3, 0.4) is 0 Å². The third kappa shape index (κ3) is 3.41. The lowest BCUT2D eigenvalue weighted by Gasteiger charge is -2.32. The highest BCUT2D eigenvalue weighted by Crippen LogP contribution is 2.38. The molecule has 1 aliphatic rings. The number of aromatic nitrogens is 1. The number of oxazole rings is 1. The zero-order valence-corrected chi connectivity index (χ0v) is 18.2. The van der Waals surface area contributed by atoms with Gasteiger partial charge in [0, 0.05) is 36.3 Å². The summed E-state index contributed by atoms with van der Waals surface area (Å²) in [6, 6.07) is 12.2. The van der Waals surface area contributed by atoms with Crippen LogP contribution in [0.15, 0.2) is 51.8 Å². The summed E-state index contributed by atoms with van der Waals surface area (Å²) in [5, 5.41) is 0.851. The Kier molecular flexibility index (Phi) is 4.82. The highest BCUT2D eigenvalue weighted by atomic mass is 32.2. The minimum Gasteiger partial charge on any atom is -0.441 e. The van der Waals surface area contributed by atoms with Crippen LogP contribution in [0.2, 0.25) is 0 Å². The highest BCUT2D eigenvalue weighted by molar-refractivity contribution is 7.89. The highest BCUT2D eigenvalue weighted by Gasteiger charge is 2.35. The maximum Gasteiger partial charge on any atom is 0.259 e. The van der Waals surface area contributed by atoms with E-state index in [4.69, 9.17) is 14.9 Å². The number of thiophene rings is 1. The van der Waals surface area contributed by atoms with Gasteiger partial charge >= 0.3 is 0 Å². The van der Waals surface area contributed by atoms with Crippen molar-refractivity contribution in [2.45, 2.75) is 17.9 Å². The lowest BCUT2D eigenvalue weighted by molar-refractivity contribution is -0.00188. The number of fused-ring (bicyclic) bond motifs is 2. The summed E-state index contributed by atoms with van der Waals surface area (Å²) in [5.41, 5.74) is 7.29. The zero-order valence-electron chi connectivity index (χ0n) is 16.6. The quantitative estimate of drug-likeness (QED) is 0.503. The molecule has 5 rings (SSSR count). The van der Waals surface area contributed by atoms with Crippen LogP contribution in [0, 0.1) is 6.92 Å². The van der Waals surface area contributed by atoms with E-state index in [1.807, 2.05) is 24.3 Å².